The van der Waals surface area contributed by atoms with E-state index in [-0.39, 0.29) is 5.41 Å². The molecule has 1 aliphatic carbocycles. The van der Waals surface area contributed by atoms with Crippen LogP contribution in [0.4, 0.5) is 0 Å². The van der Waals surface area contributed by atoms with Crippen LogP contribution in [0, 0.1) is 17.3 Å². The zero-order valence-corrected chi connectivity index (χ0v) is 14.7. The third-order valence-electron chi connectivity index (χ3n) is 5.02. The Morgan fingerprint density at radius 1 is 1.15 bits per heavy atom. The Labute approximate surface area is 127 Å². The van der Waals surface area contributed by atoms with Crippen LogP contribution >= 0.6 is 0 Å². The molecule has 0 aromatic carbocycles. The van der Waals surface area contributed by atoms with Crippen LogP contribution in [-0.4, -0.2) is 25.8 Å². The molecular formula is C18H37NO. The van der Waals surface area contributed by atoms with E-state index in [0.29, 0.717) is 12.1 Å². The maximum Gasteiger partial charge on any atom is 0.0775 e. The fraction of sp³-hybridized carbons (Fsp3) is 1.00. The molecule has 1 N–H and O–H groups in total. The number of nitrogens with one attached hydrogen (secondary N) is 1. The highest BCUT2D eigenvalue weighted by Gasteiger charge is 2.40. The van der Waals surface area contributed by atoms with Crippen molar-refractivity contribution in [2.24, 2.45) is 17.3 Å². The van der Waals surface area contributed by atoms with Gasteiger partial charge in [0.25, 0.3) is 0 Å². The topological polar surface area (TPSA) is 21.3 Å². The van der Waals surface area contributed by atoms with Crippen molar-refractivity contribution in [3.05, 3.63) is 0 Å². The highest BCUT2D eigenvalue weighted by molar-refractivity contribution is 4.94. The number of rotatable bonds is 7. The minimum Gasteiger partial charge on any atom is -0.379 e. The van der Waals surface area contributed by atoms with Gasteiger partial charge in [0.2, 0.25) is 0 Å². The molecular weight excluding hydrogens is 246 g/mol. The molecule has 1 saturated carbocycles. The van der Waals surface area contributed by atoms with Gasteiger partial charge < -0.3 is 10.1 Å². The summed E-state index contributed by atoms with van der Waals surface area (Å²) in [6.45, 7) is 12.6. The second-order valence-electron chi connectivity index (χ2n) is 7.62. The average Bonchev–Trinajstić information content (AvgIpc) is 2.42. The summed E-state index contributed by atoms with van der Waals surface area (Å²) in [6, 6.07) is 0.505. The van der Waals surface area contributed by atoms with Crippen molar-refractivity contribution >= 4 is 0 Å². The molecule has 4 atom stereocenters. The molecule has 0 bridgehead atoms. The fourth-order valence-corrected chi connectivity index (χ4v) is 4.05. The van der Waals surface area contributed by atoms with Crippen LogP contribution in [0.3, 0.4) is 0 Å². The van der Waals surface area contributed by atoms with Crippen molar-refractivity contribution in [1.82, 2.24) is 5.32 Å². The van der Waals surface area contributed by atoms with E-state index in [4.69, 9.17) is 4.74 Å². The van der Waals surface area contributed by atoms with Crippen LogP contribution in [0.25, 0.3) is 0 Å². The van der Waals surface area contributed by atoms with E-state index < -0.39 is 0 Å². The Morgan fingerprint density at radius 2 is 1.80 bits per heavy atom. The monoisotopic (exact) mass is 283 g/mol. The summed E-state index contributed by atoms with van der Waals surface area (Å²) in [5.74, 6) is 1.66. The maximum absolute atomic E-state index is 5.96. The minimum absolute atomic E-state index is 0.190. The molecule has 0 saturated heterocycles. The molecule has 1 rings (SSSR count). The van der Waals surface area contributed by atoms with E-state index in [9.17, 15) is 0 Å². The van der Waals surface area contributed by atoms with Crippen LogP contribution in [0.5, 0.6) is 0 Å². The molecule has 120 valence electrons. The Balaban J connectivity index is 2.90. The van der Waals surface area contributed by atoms with E-state index in [0.717, 1.165) is 18.4 Å². The number of hydrogen-bond acceptors (Lipinski definition) is 2. The molecule has 2 nitrogen and oxygen atoms in total. The lowest BCUT2D eigenvalue weighted by Crippen LogP contribution is -2.54. The van der Waals surface area contributed by atoms with Crippen LogP contribution < -0.4 is 5.32 Å². The second-order valence-corrected chi connectivity index (χ2v) is 7.62. The van der Waals surface area contributed by atoms with Crippen molar-refractivity contribution in [2.45, 2.75) is 85.3 Å². The number of methoxy groups -OCH3 is 1. The van der Waals surface area contributed by atoms with Crippen LogP contribution in [0.1, 0.15) is 73.1 Å². The Bertz CT molecular complexity index is 259. The van der Waals surface area contributed by atoms with Gasteiger partial charge in [0.15, 0.2) is 0 Å². The van der Waals surface area contributed by atoms with Gasteiger partial charge in [-0.3, -0.25) is 0 Å². The second kappa shape index (κ2) is 8.38. The summed E-state index contributed by atoms with van der Waals surface area (Å²) < 4.78 is 5.96. The summed E-state index contributed by atoms with van der Waals surface area (Å²) in [4.78, 5) is 0. The summed E-state index contributed by atoms with van der Waals surface area (Å²) in [6.07, 6.45) is 8.40. The van der Waals surface area contributed by atoms with Gasteiger partial charge in [-0.15, -0.1) is 0 Å². The molecule has 0 aromatic heterocycles. The molecule has 4 unspecified atom stereocenters. The number of hydrogen-bond donors (Lipinski definition) is 1. The first-order valence-electron chi connectivity index (χ1n) is 8.71. The molecule has 0 radical (unpaired) electrons. The standard InChI is InChI=1S/C18H37NO/c1-7-13-19-16(17(20-6)18(3,4)5)15-12-10-9-11-14(15)8-2/h14-17,19H,7-13H2,1-6H3. The average molecular weight is 284 g/mol. The molecule has 1 aliphatic rings. The van der Waals surface area contributed by atoms with Crippen molar-refractivity contribution in [1.29, 1.82) is 0 Å². The third-order valence-corrected chi connectivity index (χ3v) is 5.02. The quantitative estimate of drug-likeness (QED) is 0.735. The lowest BCUT2D eigenvalue weighted by molar-refractivity contribution is -0.0404. The van der Waals surface area contributed by atoms with E-state index in [1.165, 1.54) is 38.5 Å². The van der Waals surface area contributed by atoms with Crippen molar-refractivity contribution in [3.63, 3.8) is 0 Å². The summed E-state index contributed by atoms with van der Waals surface area (Å²) in [5.41, 5.74) is 0.190. The Kier molecular flexibility index (Phi) is 7.53. The van der Waals surface area contributed by atoms with E-state index >= 15 is 0 Å². The number of ether oxygens (including phenoxy) is 1. The SMILES string of the molecule is CCCNC(C1CCCCC1CC)C(OC)C(C)(C)C. The van der Waals surface area contributed by atoms with E-state index in [1.807, 2.05) is 7.11 Å². The van der Waals surface area contributed by atoms with Crippen molar-refractivity contribution < 1.29 is 4.74 Å². The molecule has 0 aromatic rings. The maximum atomic E-state index is 5.96. The van der Waals surface area contributed by atoms with Gasteiger partial charge in [-0.05, 0) is 36.6 Å². The van der Waals surface area contributed by atoms with Crippen LogP contribution in [0.2, 0.25) is 0 Å². The molecule has 20 heavy (non-hydrogen) atoms. The highest BCUT2D eigenvalue weighted by Crippen LogP contribution is 2.39. The molecule has 2 heteroatoms. The zero-order valence-electron chi connectivity index (χ0n) is 14.7. The Hall–Kier alpha value is -0.0800. The Morgan fingerprint density at radius 3 is 2.30 bits per heavy atom. The van der Waals surface area contributed by atoms with Crippen molar-refractivity contribution in [2.75, 3.05) is 13.7 Å². The van der Waals surface area contributed by atoms with E-state index in [1.54, 1.807) is 0 Å². The lowest BCUT2D eigenvalue weighted by atomic mass is 9.69. The van der Waals surface area contributed by atoms with Crippen LogP contribution in [-0.2, 0) is 4.74 Å². The molecule has 0 spiro atoms. The van der Waals surface area contributed by atoms with Gasteiger partial charge in [-0.2, -0.15) is 0 Å². The van der Waals surface area contributed by atoms with Gasteiger partial charge >= 0.3 is 0 Å². The van der Waals surface area contributed by atoms with Crippen LogP contribution in [0.15, 0.2) is 0 Å². The first-order chi connectivity index (χ1) is 9.45. The van der Waals surface area contributed by atoms with Gasteiger partial charge in [-0.25, -0.2) is 0 Å². The van der Waals surface area contributed by atoms with Gasteiger partial charge in [0.1, 0.15) is 0 Å². The third kappa shape index (κ3) is 4.73. The highest BCUT2D eigenvalue weighted by atomic mass is 16.5. The lowest BCUT2D eigenvalue weighted by Gasteiger charge is -2.44. The smallest absolute Gasteiger partial charge is 0.0775 e. The molecule has 0 heterocycles. The minimum atomic E-state index is 0.190. The summed E-state index contributed by atoms with van der Waals surface area (Å²) >= 11 is 0. The molecule has 0 aliphatic heterocycles. The normalized spacial score (nSPS) is 27.3. The van der Waals surface area contributed by atoms with Crippen molar-refractivity contribution in [3.8, 4) is 0 Å². The summed E-state index contributed by atoms with van der Waals surface area (Å²) in [7, 11) is 1.89. The first-order valence-corrected chi connectivity index (χ1v) is 8.71. The van der Waals surface area contributed by atoms with Gasteiger partial charge in [0.05, 0.1) is 6.10 Å². The van der Waals surface area contributed by atoms with E-state index in [2.05, 4.69) is 39.9 Å². The summed E-state index contributed by atoms with van der Waals surface area (Å²) in [5, 5.41) is 3.84. The molecule has 0 amide bonds. The zero-order chi connectivity index (χ0) is 15.2. The fourth-order valence-electron chi connectivity index (χ4n) is 4.05. The largest absolute Gasteiger partial charge is 0.379 e. The predicted molar refractivity (Wildman–Crippen MR) is 88.1 cm³/mol. The predicted octanol–water partition coefficient (Wildman–Crippen LogP) is 4.63. The first kappa shape index (κ1) is 18.0. The van der Waals surface area contributed by atoms with Gasteiger partial charge in [-0.1, -0.05) is 60.3 Å². The molecule has 1 fully saturated rings. The van der Waals surface area contributed by atoms with Gasteiger partial charge in [0, 0.05) is 13.2 Å².